The highest BCUT2D eigenvalue weighted by molar-refractivity contribution is 6.03. The van der Waals surface area contributed by atoms with E-state index in [4.69, 9.17) is 9.47 Å². The lowest BCUT2D eigenvalue weighted by Gasteiger charge is -2.14. The van der Waals surface area contributed by atoms with E-state index in [1.54, 1.807) is 37.3 Å². The molecule has 2 N–H and O–H groups in total. The van der Waals surface area contributed by atoms with Crippen LogP contribution in [-0.2, 0) is 0 Å². The fraction of sp³-hybridized carbons (Fsp3) is 0.227. The summed E-state index contributed by atoms with van der Waals surface area (Å²) in [6.07, 6.45) is 0.322. The number of nitrogens with zero attached hydrogens (tertiary/aromatic N) is 2. The Labute approximate surface area is 173 Å². The van der Waals surface area contributed by atoms with Gasteiger partial charge in [0.05, 0.1) is 25.6 Å². The molecule has 2 aromatic carbocycles. The van der Waals surface area contributed by atoms with Crippen molar-refractivity contribution in [1.82, 2.24) is 9.55 Å². The second kappa shape index (κ2) is 8.69. The van der Waals surface area contributed by atoms with Crippen molar-refractivity contribution in [2.24, 2.45) is 4.99 Å². The van der Waals surface area contributed by atoms with Crippen LogP contribution in [0.4, 0.5) is 5.69 Å². The van der Waals surface area contributed by atoms with E-state index in [1.165, 1.54) is 14.2 Å². The van der Waals surface area contributed by atoms with E-state index in [2.05, 4.69) is 9.98 Å². The number of aryl methyl sites for hydroxylation is 1. The van der Waals surface area contributed by atoms with Crippen LogP contribution in [0.25, 0.3) is 5.69 Å². The van der Waals surface area contributed by atoms with Gasteiger partial charge in [-0.15, -0.1) is 0 Å². The Morgan fingerprint density at radius 3 is 2.50 bits per heavy atom. The molecule has 0 fully saturated rings. The van der Waals surface area contributed by atoms with Gasteiger partial charge < -0.3 is 14.6 Å². The highest BCUT2D eigenvalue weighted by Crippen LogP contribution is 2.33. The highest BCUT2D eigenvalue weighted by Gasteiger charge is 2.20. The molecule has 0 aliphatic rings. The molecule has 0 spiro atoms. The second-order valence-electron chi connectivity index (χ2n) is 6.53. The van der Waals surface area contributed by atoms with Crippen LogP contribution in [0.15, 0.2) is 57.0 Å². The smallest absolute Gasteiger partial charge is 0.335 e. The topological polar surface area (TPSA) is 106 Å². The zero-order valence-corrected chi connectivity index (χ0v) is 17.2. The standard InChI is InChI=1S/C22H23N3O5/c1-5-15(23-16-12-14(29-3)10-11-18(16)30-4)19-20(26)24-22(28)25(21(19)27)17-9-7-6-8-13(17)2/h6-12,27H,5H2,1-4H3,(H,24,26,28). The molecule has 30 heavy (non-hydrogen) atoms. The monoisotopic (exact) mass is 409 g/mol. The van der Waals surface area contributed by atoms with Gasteiger partial charge in [0.15, 0.2) is 0 Å². The van der Waals surface area contributed by atoms with Crippen LogP contribution < -0.4 is 20.7 Å². The Kier molecular flexibility index (Phi) is 6.06. The summed E-state index contributed by atoms with van der Waals surface area (Å²) in [4.78, 5) is 32.0. The van der Waals surface area contributed by atoms with E-state index < -0.39 is 17.1 Å². The molecule has 3 aromatic rings. The minimum Gasteiger partial charge on any atom is -0.497 e. The van der Waals surface area contributed by atoms with Gasteiger partial charge in [-0.05, 0) is 37.1 Å². The maximum absolute atomic E-state index is 12.6. The third kappa shape index (κ3) is 3.84. The third-order valence-electron chi connectivity index (χ3n) is 4.71. The molecule has 0 amide bonds. The van der Waals surface area contributed by atoms with Gasteiger partial charge in [0.2, 0.25) is 5.88 Å². The minimum atomic E-state index is -0.732. The van der Waals surface area contributed by atoms with Crippen LogP contribution in [0.3, 0.4) is 0 Å². The Morgan fingerprint density at radius 1 is 1.13 bits per heavy atom. The number of H-pyrrole nitrogens is 1. The number of aliphatic imine (C=N–C) groups is 1. The quantitative estimate of drug-likeness (QED) is 0.609. The molecule has 0 unspecified atom stereocenters. The number of para-hydroxylation sites is 1. The van der Waals surface area contributed by atoms with Gasteiger partial charge in [-0.25, -0.2) is 14.4 Å². The molecular weight excluding hydrogens is 386 g/mol. The Balaban J connectivity index is 2.28. The summed E-state index contributed by atoms with van der Waals surface area (Å²) >= 11 is 0. The number of aromatic amines is 1. The number of rotatable bonds is 6. The molecule has 1 heterocycles. The zero-order chi connectivity index (χ0) is 21.8. The first-order valence-corrected chi connectivity index (χ1v) is 9.35. The van der Waals surface area contributed by atoms with Crippen molar-refractivity contribution in [2.75, 3.05) is 14.2 Å². The van der Waals surface area contributed by atoms with Crippen molar-refractivity contribution in [3.63, 3.8) is 0 Å². The van der Waals surface area contributed by atoms with Gasteiger partial charge in [0.1, 0.15) is 22.7 Å². The first-order valence-electron chi connectivity index (χ1n) is 9.35. The molecule has 156 valence electrons. The average molecular weight is 409 g/mol. The van der Waals surface area contributed by atoms with Crippen molar-refractivity contribution in [1.29, 1.82) is 0 Å². The lowest BCUT2D eigenvalue weighted by molar-refractivity contribution is 0.404. The molecule has 0 aliphatic carbocycles. The molecular formula is C22H23N3O5. The van der Waals surface area contributed by atoms with Crippen LogP contribution in [-0.4, -0.2) is 34.6 Å². The molecule has 0 saturated carbocycles. The summed E-state index contributed by atoms with van der Waals surface area (Å²) in [6, 6.07) is 12.2. The van der Waals surface area contributed by atoms with Gasteiger partial charge in [-0.2, -0.15) is 0 Å². The van der Waals surface area contributed by atoms with Crippen LogP contribution in [0.1, 0.15) is 24.5 Å². The number of benzene rings is 2. The summed E-state index contributed by atoms with van der Waals surface area (Å²) in [7, 11) is 3.04. The van der Waals surface area contributed by atoms with Crippen LogP contribution >= 0.6 is 0 Å². The van der Waals surface area contributed by atoms with Gasteiger partial charge in [-0.1, -0.05) is 25.1 Å². The Morgan fingerprint density at radius 2 is 1.87 bits per heavy atom. The minimum absolute atomic E-state index is 0.0785. The number of hydrogen-bond donors (Lipinski definition) is 2. The highest BCUT2D eigenvalue weighted by atomic mass is 16.5. The van der Waals surface area contributed by atoms with E-state index in [0.29, 0.717) is 35.0 Å². The second-order valence-corrected chi connectivity index (χ2v) is 6.53. The fourth-order valence-corrected chi connectivity index (χ4v) is 3.16. The van der Waals surface area contributed by atoms with Gasteiger partial charge in [-0.3, -0.25) is 9.78 Å². The number of aromatic hydroxyl groups is 1. The van der Waals surface area contributed by atoms with E-state index in [-0.39, 0.29) is 5.56 Å². The lowest BCUT2D eigenvalue weighted by atomic mass is 10.1. The summed E-state index contributed by atoms with van der Waals surface area (Å²) in [5.41, 5.74) is 0.424. The molecule has 0 aliphatic heterocycles. The summed E-state index contributed by atoms with van der Waals surface area (Å²) in [6.45, 7) is 3.61. The molecule has 1 aromatic heterocycles. The van der Waals surface area contributed by atoms with Crippen molar-refractivity contribution < 1.29 is 14.6 Å². The summed E-state index contributed by atoms with van der Waals surface area (Å²) in [5.74, 6) is 0.568. The largest absolute Gasteiger partial charge is 0.497 e. The maximum atomic E-state index is 12.6. The van der Waals surface area contributed by atoms with E-state index in [0.717, 1.165) is 10.1 Å². The van der Waals surface area contributed by atoms with Crippen molar-refractivity contribution >= 4 is 11.4 Å². The lowest BCUT2D eigenvalue weighted by Crippen LogP contribution is -2.33. The predicted molar refractivity (Wildman–Crippen MR) is 115 cm³/mol. The molecule has 0 saturated heterocycles. The summed E-state index contributed by atoms with van der Waals surface area (Å²) in [5, 5.41) is 10.9. The summed E-state index contributed by atoms with van der Waals surface area (Å²) < 4.78 is 11.7. The zero-order valence-electron chi connectivity index (χ0n) is 17.2. The third-order valence-corrected chi connectivity index (χ3v) is 4.71. The number of aromatic nitrogens is 2. The van der Waals surface area contributed by atoms with Crippen LogP contribution in [0, 0.1) is 6.92 Å². The fourth-order valence-electron chi connectivity index (χ4n) is 3.16. The van der Waals surface area contributed by atoms with E-state index in [9.17, 15) is 14.7 Å². The van der Waals surface area contributed by atoms with Crippen molar-refractivity contribution in [3.8, 4) is 23.1 Å². The predicted octanol–water partition coefficient (Wildman–Crippen LogP) is 3.09. The maximum Gasteiger partial charge on any atom is 0.335 e. The van der Waals surface area contributed by atoms with Gasteiger partial charge in [0, 0.05) is 6.07 Å². The number of ether oxygens (including phenoxy) is 2. The SMILES string of the molecule is CCC(=Nc1cc(OC)ccc1OC)c1c(O)n(-c2ccccc2C)c(=O)[nH]c1=O. The number of hydrogen-bond acceptors (Lipinski definition) is 6. The Bertz CT molecular complexity index is 1220. The molecule has 0 atom stereocenters. The van der Waals surface area contributed by atoms with E-state index >= 15 is 0 Å². The van der Waals surface area contributed by atoms with Crippen molar-refractivity contribution in [3.05, 3.63) is 74.4 Å². The molecule has 8 heteroatoms. The first kappa shape index (κ1) is 20.9. The van der Waals surface area contributed by atoms with Gasteiger partial charge >= 0.3 is 5.69 Å². The first-order chi connectivity index (χ1) is 14.4. The molecule has 3 rings (SSSR count). The van der Waals surface area contributed by atoms with Crippen LogP contribution in [0.2, 0.25) is 0 Å². The normalized spacial score (nSPS) is 11.4. The molecule has 0 bridgehead atoms. The van der Waals surface area contributed by atoms with Gasteiger partial charge in [0.25, 0.3) is 5.56 Å². The molecule has 8 nitrogen and oxygen atoms in total. The number of methoxy groups -OCH3 is 2. The van der Waals surface area contributed by atoms with Crippen LogP contribution in [0.5, 0.6) is 17.4 Å². The van der Waals surface area contributed by atoms with Crippen molar-refractivity contribution in [2.45, 2.75) is 20.3 Å². The van der Waals surface area contributed by atoms with E-state index in [1.807, 2.05) is 19.1 Å². The Hall–Kier alpha value is -3.81. The number of nitrogens with one attached hydrogen (secondary N) is 1. The average Bonchev–Trinajstić information content (AvgIpc) is 2.73. The molecule has 0 radical (unpaired) electrons.